The van der Waals surface area contributed by atoms with E-state index in [0.29, 0.717) is 19.0 Å². The third-order valence-electron chi connectivity index (χ3n) is 3.27. The number of nitrogens with zero attached hydrogens (tertiary/aromatic N) is 2. The number of hydrogen-bond acceptors (Lipinski definition) is 2. The molecule has 0 saturated carbocycles. The van der Waals surface area contributed by atoms with E-state index in [2.05, 4.69) is 43.1 Å². The van der Waals surface area contributed by atoms with Crippen LogP contribution in [-0.4, -0.2) is 37.9 Å². The molecule has 6 heteroatoms. The molecule has 1 N–H and O–H groups in total. The summed E-state index contributed by atoms with van der Waals surface area (Å²) in [5.41, 5.74) is 3.64. The third kappa shape index (κ3) is 3.81. The van der Waals surface area contributed by atoms with Gasteiger partial charge in [0.1, 0.15) is 0 Å². The first-order valence-corrected chi connectivity index (χ1v) is 7.95. The lowest BCUT2D eigenvalue weighted by Gasteiger charge is -2.14. The average molecular weight is 287 g/mol. The van der Waals surface area contributed by atoms with E-state index in [9.17, 15) is 8.42 Å². The van der Waals surface area contributed by atoms with Gasteiger partial charge in [-0.2, -0.15) is 12.7 Å². The summed E-state index contributed by atoms with van der Waals surface area (Å²) in [6.45, 7) is 8.89. The molecule has 0 aromatic carbocycles. The second-order valence-electron chi connectivity index (χ2n) is 5.29. The Morgan fingerprint density at radius 2 is 1.89 bits per heavy atom. The van der Waals surface area contributed by atoms with E-state index in [1.165, 1.54) is 35.4 Å². The van der Waals surface area contributed by atoms with Gasteiger partial charge in [0.05, 0.1) is 0 Å². The fraction of sp³-hybridized carbons (Fsp3) is 0.692. The molecule has 1 aromatic rings. The molecular formula is C13H25N3O2S. The predicted molar refractivity (Wildman–Crippen MR) is 78.6 cm³/mol. The number of aromatic nitrogens is 1. The zero-order chi connectivity index (χ0) is 14.8. The first-order chi connectivity index (χ1) is 8.66. The average Bonchev–Trinajstić information content (AvgIpc) is 2.53. The zero-order valence-electron chi connectivity index (χ0n) is 12.7. The number of hydrogen-bond donors (Lipinski definition) is 1. The van der Waals surface area contributed by atoms with Crippen LogP contribution in [0.1, 0.15) is 36.8 Å². The van der Waals surface area contributed by atoms with E-state index in [1.807, 2.05) is 0 Å². The molecule has 1 aromatic heterocycles. The fourth-order valence-corrected chi connectivity index (χ4v) is 2.96. The molecule has 5 nitrogen and oxygen atoms in total. The molecule has 1 heterocycles. The Labute approximate surface area is 116 Å². The van der Waals surface area contributed by atoms with Gasteiger partial charge < -0.3 is 4.57 Å². The summed E-state index contributed by atoms with van der Waals surface area (Å²) < 4.78 is 29.2. The Morgan fingerprint density at radius 3 is 2.32 bits per heavy atom. The summed E-state index contributed by atoms with van der Waals surface area (Å²) in [6, 6.07) is 2.56. The highest BCUT2D eigenvalue weighted by Crippen LogP contribution is 2.20. The van der Waals surface area contributed by atoms with Crippen LogP contribution in [0.2, 0.25) is 0 Å². The van der Waals surface area contributed by atoms with Gasteiger partial charge in [0.25, 0.3) is 10.2 Å². The lowest BCUT2D eigenvalue weighted by Crippen LogP contribution is -2.36. The Hall–Kier alpha value is -0.850. The van der Waals surface area contributed by atoms with Crippen molar-refractivity contribution in [2.75, 3.05) is 20.6 Å². The minimum Gasteiger partial charge on any atom is -0.346 e. The summed E-state index contributed by atoms with van der Waals surface area (Å²) in [7, 11) is -0.283. The van der Waals surface area contributed by atoms with E-state index in [4.69, 9.17) is 0 Å². The van der Waals surface area contributed by atoms with Crippen LogP contribution in [0.15, 0.2) is 6.07 Å². The normalized spacial score (nSPS) is 12.6. The van der Waals surface area contributed by atoms with Crippen molar-refractivity contribution in [3.63, 3.8) is 0 Å². The van der Waals surface area contributed by atoms with Gasteiger partial charge in [-0.3, -0.25) is 0 Å². The third-order valence-corrected chi connectivity index (χ3v) is 4.80. The van der Waals surface area contributed by atoms with Crippen LogP contribution >= 0.6 is 0 Å². The first kappa shape index (κ1) is 16.2. The second-order valence-corrected chi connectivity index (χ2v) is 7.26. The van der Waals surface area contributed by atoms with Crippen LogP contribution in [0.25, 0.3) is 0 Å². The van der Waals surface area contributed by atoms with Crippen molar-refractivity contribution in [3.05, 3.63) is 23.0 Å². The van der Waals surface area contributed by atoms with Crippen molar-refractivity contribution in [2.24, 2.45) is 0 Å². The minimum absolute atomic E-state index is 0.420. The molecule has 110 valence electrons. The maximum Gasteiger partial charge on any atom is 0.278 e. The van der Waals surface area contributed by atoms with Crippen LogP contribution in [0.3, 0.4) is 0 Å². The number of rotatable bonds is 6. The highest BCUT2D eigenvalue weighted by molar-refractivity contribution is 7.87. The van der Waals surface area contributed by atoms with Crippen molar-refractivity contribution in [1.82, 2.24) is 13.6 Å². The van der Waals surface area contributed by atoms with E-state index in [0.717, 1.165) is 0 Å². The van der Waals surface area contributed by atoms with E-state index < -0.39 is 10.2 Å². The van der Waals surface area contributed by atoms with Crippen LogP contribution < -0.4 is 4.72 Å². The maximum absolute atomic E-state index is 11.6. The molecule has 0 aliphatic rings. The highest BCUT2D eigenvalue weighted by Gasteiger charge is 2.14. The summed E-state index contributed by atoms with van der Waals surface area (Å²) in [5.74, 6) is 0. The second kappa shape index (κ2) is 6.07. The summed E-state index contributed by atoms with van der Waals surface area (Å²) in [6.07, 6.45) is 0.708. The topological polar surface area (TPSA) is 54.3 Å². The molecule has 0 fully saturated rings. The Kier molecular flexibility index (Phi) is 5.18. The van der Waals surface area contributed by atoms with E-state index >= 15 is 0 Å². The largest absolute Gasteiger partial charge is 0.346 e. The lowest BCUT2D eigenvalue weighted by atomic mass is 10.2. The smallest absolute Gasteiger partial charge is 0.278 e. The van der Waals surface area contributed by atoms with Gasteiger partial charge in [0.2, 0.25) is 0 Å². The van der Waals surface area contributed by atoms with Gasteiger partial charge in [-0.15, -0.1) is 0 Å². The van der Waals surface area contributed by atoms with Gasteiger partial charge >= 0.3 is 0 Å². The molecule has 0 unspecified atom stereocenters. The summed E-state index contributed by atoms with van der Waals surface area (Å²) in [5, 5.41) is 0. The molecule has 0 aliphatic heterocycles. The molecule has 0 aliphatic carbocycles. The van der Waals surface area contributed by atoms with Gasteiger partial charge in [-0.25, -0.2) is 4.72 Å². The first-order valence-electron chi connectivity index (χ1n) is 6.51. The molecule has 0 spiro atoms. The Balaban J connectivity index is 2.73. The SMILES string of the molecule is Cc1cc(CCNS(=O)(=O)N(C)C)c(C)n1C(C)C. The highest BCUT2D eigenvalue weighted by atomic mass is 32.2. The fourth-order valence-electron chi connectivity index (χ4n) is 2.34. The van der Waals surface area contributed by atoms with Crippen LogP contribution in [0.4, 0.5) is 0 Å². The van der Waals surface area contributed by atoms with Gasteiger partial charge in [0, 0.05) is 38.1 Å². The van der Waals surface area contributed by atoms with Crippen molar-refractivity contribution in [3.8, 4) is 0 Å². The van der Waals surface area contributed by atoms with Crippen molar-refractivity contribution in [2.45, 2.75) is 40.2 Å². The Bertz CT molecular complexity index is 530. The monoisotopic (exact) mass is 287 g/mol. The van der Waals surface area contributed by atoms with Crippen molar-refractivity contribution < 1.29 is 8.42 Å². The summed E-state index contributed by atoms with van der Waals surface area (Å²) in [4.78, 5) is 0. The van der Waals surface area contributed by atoms with E-state index in [1.54, 1.807) is 0 Å². The van der Waals surface area contributed by atoms with Crippen molar-refractivity contribution >= 4 is 10.2 Å². The lowest BCUT2D eigenvalue weighted by molar-refractivity contribution is 0.505. The number of nitrogens with one attached hydrogen (secondary N) is 1. The predicted octanol–water partition coefficient (Wildman–Crippen LogP) is 1.62. The number of aryl methyl sites for hydroxylation is 1. The van der Waals surface area contributed by atoms with E-state index in [-0.39, 0.29) is 0 Å². The molecule has 0 atom stereocenters. The van der Waals surface area contributed by atoms with Crippen LogP contribution in [0.5, 0.6) is 0 Å². The molecular weight excluding hydrogens is 262 g/mol. The zero-order valence-corrected chi connectivity index (χ0v) is 13.5. The quantitative estimate of drug-likeness (QED) is 0.864. The van der Waals surface area contributed by atoms with Gasteiger partial charge in [-0.1, -0.05) is 0 Å². The minimum atomic E-state index is -3.32. The molecule has 1 rings (SSSR count). The van der Waals surface area contributed by atoms with Crippen molar-refractivity contribution in [1.29, 1.82) is 0 Å². The molecule has 0 bridgehead atoms. The van der Waals surface area contributed by atoms with Gasteiger partial charge in [-0.05, 0) is 45.7 Å². The van der Waals surface area contributed by atoms with Crippen LogP contribution in [0, 0.1) is 13.8 Å². The van der Waals surface area contributed by atoms with Crippen LogP contribution in [-0.2, 0) is 16.6 Å². The molecule has 19 heavy (non-hydrogen) atoms. The molecule has 0 saturated heterocycles. The molecule has 0 amide bonds. The van der Waals surface area contributed by atoms with Gasteiger partial charge in [0.15, 0.2) is 0 Å². The summed E-state index contributed by atoms with van der Waals surface area (Å²) >= 11 is 0. The maximum atomic E-state index is 11.6. The standard InChI is InChI=1S/C13H25N3O2S/c1-10(2)16-11(3)9-13(12(16)4)7-8-14-19(17,18)15(5)6/h9-10,14H,7-8H2,1-6H3. The Morgan fingerprint density at radius 1 is 1.32 bits per heavy atom. The molecule has 0 radical (unpaired) electrons.